The molecule has 0 spiro atoms. The third kappa shape index (κ3) is 2.04. The van der Waals surface area contributed by atoms with Crippen LogP contribution in [0, 0.1) is 0 Å². The third-order valence-corrected chi connectivity index (χ3v) is 3.15. The van der Waals surface area contributed by atoms with Crippen LogP contribution in [0.5, 0.6) is 17.2 Å². The van der Waals surface area contributed by atoms with Gasteiger partial charge in [-0.25, -0.2) is 0 Å². The zero-order valence-corrected chi connectivity index (χ0v) is 10.7. The standard InChI is InChI=1S/C11H14BrNO3/c1-2-3-4-14-11-9(12)7(13)5-8-10(11)16-6-15-8/h5H,2-4,6,13H2,1H3. The summed E-state index contributed by atoms with van der Waals surface area (Å²) in [6.45, 7) is 2.98. The fourth-order valence-corrected chi connectivity index (χ4v) is 1.87. The molecule has 0 saturated heterocycles. The first-order valence-corrected chi connectivity index (χ1v) is 6.03. The molecular weight excluding hydrogens is 274 g/mol. The van der Waals surface area contributed by atoms with Gasteiger partial charge in [-0.2, -0.15) is 0 Å². The van der Waals surface area contributed by atoms with E-state index in [1.165, 1.54) is 0 Å². The van der Waals surface area contributed by atoms with Crippen LogP contribution in [0.4, 0.5) is 5.69 Å². The molecule has 0 fully saturated rings. The minimum atomic E-state index is 0.218. The Morgan fingerprint density at radius 1 is 1.50 bits per heavy atom. The molecule has 2 rings (SSSR count). The van der Waals surface area contributed by atoms with Gasteiger partial charge in [-0.3, -0.25) is 0 Å². The normalized spacial score (nSPS) is 12.9. The molecule has 16 heavy (non-hydrogen) atoms. The molecule has 0 radical (unpaired) electrons. The molecule has 0 atom stereocenters. The van der Waals surface area contributed by atoms with Crippen molar-refractivity contribution in [3.05, 3.63) is 10.5 Å². The summed E-state index contributed by atoms with van der Waals surface area (Å²) in [5.74, 6) is 1.92. The summed E-state index contributed by atoms with van der Waals surface area (Å²) in [6.07, 6.45) is 2.08. The Kier molecular flexibility index (Phi) is 3.43. The maximum Gasteiger partial charge on any atom is 0.231 e. The number of fused-ring (bicyclic) bond motifs is 1. The molecule has 4 nitrogen and oxygen atoms in total. The van der Waals surface area contributed by atoms with Crippen LogP contribution in [0.2, 0.25) is 0 Å². The first kappa shape index (κ1) is 11.4. The van der Waals surface area contributed by atoms with Crippen LogP contribution in [0.3, 0.4) is 0 Å². The van der Waals surface area contributed by atoms with Crippen molar-refractivity contribution < 1.29 is 14.2 Å². The van der Waals surface area contributed by atoms with E-state index in [0.717, 1.165) is 17.3 Å². The second-order valence-electron chi connectivity index (χ2n) is 3.54. The fraction of sp³-hybridized carbons (Fsp3) is 0.455. The molecule has 2 N–H and O–H groups in total. The van der Waals surface area contributed by atoms with Gasteiger partial charge in [0.25, 0.3) is 0 Å². The van der Waals surface area contributed by atoms with E-state index in [-0.39, 0.29) is 6.79 Å². The third-order valence-electron chi connectivity index (χ3n) is 2.33. The first-order valence-electron chi connectivity index (χ1n) is 5.24. The molecular formula is C11H14BrNO3. The molecule has 0 saturated carbocycles. The minimum Gasteiger partial charge on any atom is -0.488 e. The molecule has 1 aliphatic rings. The van der Waals surface area contributed by atoms with Gasteiger partial charge in [0.05, 0.1) is 16.8 Å². The van der Waals surface area contributed by atoms with Gasteiger partial charge in [-0.05, 0) is 22.4 Å². The van der Waals surface area contributed by atoms with Crippen molar-refractivity contribution in [3.8, 4) is 17.2 Å². The number of rotatable bonds is 4. The predicted molar refractivity (Wildman–Crippen MR) is 65.1 cm³/mol. The average molecular weight is 288 g/mol. The maximum absolute atomic E-state index is 5.84. The molecule has 1 aromatic rings. The second kappa shape index (κ2) is 4.82. The van der Waals surface area contributed by atoms with E-state index in [1.807, 2.05) is 0 Å². The zero-order valence-electron chi connectivity index (χ0n) is 9.09. The van der Waals surface area contributed by atoms with Crippen LogP contribution in [0.25, 0.3) is 0 Å². The Morgan fingerprint density at radius 3 is 3.06 bits per heavy atom. The van der Waals surface area contributed by atoms with Crippen LogP contribution < -0.4 is 19.9 Å². The van der Waals surface area contributed by atoms with Gasteiger partial charge in [0.15, 0.2) is 11.5 Å². The largest absolute Gasteiger partial charge is 0.488 e. The number of benzene rings is 1. The van der Waals surface area contributed by atoms with Crippen LogP contribution in [-0.2, 0) is 0 Å². The van der Waals surface area contributed by atoms with E-state index in [2.05, 4.69) is 22.9 Å². The van der Waals surface area contributed by atoms with Crippen LogP contribution in [0.15, 0.2) is 10.5 Å². The number of anilines is 1. The summed E-state index contributed by atoms with van der Waals surface area (Å²) in [5.41, 5.74) is 6.43. The summed E-state index contributed by atoms with van der Waals surface area (Å²) in [7, 11) is 0. The highest BCUT2D eigenvalue weighted by atomic mass is 79.9. The van der Waals surface area contributed by atoms with E-state index in [4.69, 9.17) is 19.9 Å². The Morgan fingerprint density at radius 2 is 2.31 bits per heavy atom. The van der Waals surface area contributed by atoms with Crippen molar-refractivity contribution in [1.29, 1.82) is 0 Å². The monoisotopic (exact) mass is 287 g/mol. The lowest BCUT2D eigenvalue weighted by Crippen LogP contribution is -2.00. The van der Waals surface area contributed by atoms with Crippen LogP contribution in [0.1, 0.15) is 19.8 Å². The number of unbranched alkanes of at least 4 members (excludes halogenated alkanes) is 1. The van der Waals surface area contributed by atoms with Gasteiger partial charge >= 0.3 is 0 Å². The maximum atomic E-state index is 5.84. The van der Waals surface area contributed by atoms with Crippen molar-refractivity contribution >= 4 is 21.6 Å². The SMILES string of the molecule is CCCCOc1c(Br)c(N)cc2c1OCO2. The summed E-state index contributed by atoms with van der Waals surface area (Å²) in [4.78, 5) is 0. The molecule has 1 aromatic carbocycles. The zero-order chi connectivity index (χ0) is 11.5. The van der Waals surface area contributed by atoms with Crippen molar-refractivity contribution in [1.82, 2.24) is 0 Å². The second-order valence-corrected chi connectivity index (χ2v) is 4.34. The van der Waals surface area contributed by atoms with Gasteiger partial charge in [0.2, 0.25) is 12.5 Å². The van der Waals surface area contributed by atoms with Gasteiger partial charge in [0.1, 0.15) is 0 Å². The van der Waals surface area contributed by atoms with Gasteiger partial charge in [0, 0.05) is 6.07 Å². The van der Waals surface area contributed by atoms with Crippen molar-refractivity contribution in [2.75, 3.05) is 19.1 Å². The highest BCUT2D eigenvalue weighted by molar-refractivity contribution is 9.10. The molecule has 1 aliphatic heterocycles. The first-order chi connectivity index (χ1) is 7.74. The number of ether oxygens (including phenoxy) is 3. The molecule has 0 unspecified atom stereocenters. The summed E-state index contributed by atoms with van der Waals surface area (Å²) in [5, 5.41) is 0. The molecule has 0 bridgehead atoms. The predicted octanol–water partition coefficient (Wildman–Crippen LogP) is 2.94. The van der Waals surface area contributed by atoms with Crippen LogP contribution in [-0.4, -0.2) is 13.4 Å². The molecule has 0 aromatic heterocycles. The van der Waals surface area contributed by atoms with Gasteiger partial charge in [-0.15, -0.1) is 0 Å². The van der Waals surface area contributed by atoms with E-state index in [9.17, 15) is 0 Å². The summed E-state index contributed by atoms with van der Waals surface area (Å²) in [6, 6.07) is 1.74. The Balaban J connectivity index is 2.27. The van der Waals surface area contributed by atoms with E-state index in [0.29, 0.717) is 29.5 Å². The van der Waals surface area contributed by atoms with Gasteiger partial charge in [-0.1, -0.05) is 13.3 Å². The number of hydrogen-bond acceptors (Lipinski definition) is 4. The van der Waals surface area contributed by atoms with Crippen molar-refractivity contribution in [2.24, 2.45) is 0 Å². The Labute approximate surface area is 103 Å². The van der Waals surface area contributed by atoms with Crippen molar-refractivity contribution in [3.63, 3.8) is 0 Å². The molecule has 0 amide bonds. The lowest BCUT2D eigenvalue weighted by Gasteiger charge is -2.12. The number of halogens is 1. The van der Waals surface area contributed by atoms with E-state index < -0.39 is 0 Å². The molecule has 5 heteroatoms. The number of hydrogen-bond donors (Lipinski definition) is 1. The lowest BCUT2D eigenvalue weighted by molar-refractivity contribution is 0.169. The highest BCUT2D eigenvalue weighted by Gasteiger charge is 2.23. The summed E-state index contributed by atoms with van der Waals surface area (Å²) >= 11 is 3.40. The highest BCUT2D eigenvalue weighted by Crippen LogP contribution is 2.48. The molecule has 88 valence electrons. The fourth-order valence-electron chi connectivity index (χ4n) is 1.46. The Hall–Kier alpha value is -1.10. The number of nitrogens with two attached hydrogens (primary N) is 1. The van der Waals surface area contributed by atoms with E-state index in [1.54, 1.807) is 6.07 Å². The minimum absolute atomic E-state index is 0.218. The smallest absolute Gasteiger partial charge is 0.231 e. The molecule has 1 heterocycles. The molecule has 0 aliphatic carbocycles. The quantitative estimate of drug-likeness (QED) is 0.683. The van der Waals surface area contributed by atoms with Crippen molar-refractivity contribution in [2.45, 2.75) is 19.8 Å². The topological polar surface area (TPSA) is 53.7 Å². The Bertz CT molecular complexity index is 395. The summed E-state index contributed by atoms with van der Waals surface area (Å²) < 4.78 is 17.0. The van der Waals surface area contributed by atoms with E-state index >= 15 is 0 Å². The lowest BCUT2D eigenvalue weighted by atomic mass is 10.2. The number of nitrogen functional groups attached to an aromatic ring is 1. The van der Waals surface area contributed by atoms with Gasteiger partial charge < -0.3 is 19.9 Å². The average Bonchev–Trinajstić information content (AvgIpc) is 2.71. The van der Waals surface area contributed by atoms with Crippen LogP contribution >= 0.6 is 15.9 Å².